The molecular formula is C14H22N2O6. The molecule has 0 N–H and O–H groups in total. The van der Waals surface area contributed by atoms with Gasteiger partial charge in [0.2, 0.25) is 0 Å². The third kappa shape index (κ3) is 4.05. The molecule has 22 heavy (non-hydrogen) atoms. The van der Waals surface area contributed by atoms with Crippen molar-refractivity contribution in [2.75, 3.05) is 27.4 Å². The van der Waals surface area contributed by atoms with Crippen molar-refractivity contribution in [2.24, 2.45) is 0 Å². The van der Waals surface area contributed by atoms with Gasteiger partial charge in [-0.05, 0) is 20.8 Å². The van der Waals surface area contributed by atoms with Crippen LogP contribution in [0.15, 0.2) is 6.20 Å². The van der Waals surface area contributed by atoms with Crippen molar-refractivity contribution in [3.8, 4) is 0 Å². The Balaban J connectivity index is 3.22. The van der Waals surface area contributed by atoms with Crippen LogP contribution in [0.25, 0.3) is 0 Å². The molecule has 8 heteroatoms. The molecule has 0 unspecified atom stereocenters. The van der Waals surface area contributed by atoms with Gasteiger partial charge in [-0.2, -0.15) is 5.10 Å². The molecule has 1 aromatic rings. The van der Waals surface area contributed by atoms with Gasteiger partial charge in [0.15, 0.2) is 11.5 Å². The van der Waals surface area contributed by atoms with Gasteiger partial charge in [-0.1, -0.05) is 0 Å². The van der Waals surface area contributed by atoms with Crippen molar-refractivity contribution in [1.29, 1.82) is 0 Å². The maximum Gasteiger partial charge on any atom is 0.357 e. The summed E-state index contributed by atoms with van der Waals surface area (Å²) in [6.07, 6.45) is 1.27. The van der Waals surface area contributed by atoms with E-state index in [9.17, 15) is 9.59 Å². The first-order valence-corrected chi connectivity index (χ1v) is 6.92. The quantitative estimate of drug-likeness (QED) is 0.527. The Morgan fingerprint density at radius 1 is 1.14 bits per heavy atom. The first-order valence-electron chi connectivity index (χ1n) is 6.92. The average Bonchev–Trinajstić information content (AvgIpc) is 2.91. The van der Waals surface area contributed by atoms with Crippen LogP contribution in [0.3, 0.4) is 0 Å². The Morgan fingerprint density at radius 3 is 2.18 bits per heavy atom. The molecule has 1 heterocycles. The van der Waals surface area contributed by atoms with Gasteiger partial charge in [0, 0.05) is 14.2 Å². The fraction of sp³-hybridized carbons (Fsp3) is 0.643. The van der Waals surface area contributed by atoms with Gasteiger partial charge >= 0.3 is 11.9 Å². The number of aromatic nitrogens is 2. The molecule has 0 atom stereocenters. The third-order valence-electron chi connectivity index (χ3n) is 3.10. The molecule has 124 valence electrons. The molecule has 0 saturated carbocycles. The monoisotopic (exact) mass is 314 g/mol. The van der Waals surface area contributed by atoms with Crippen LogP contribution in [0.1, 0.15) is 41.6 Å². The number of methoxy groups -OCH3 is 2. The first kappa shape index (κ1) is 18.1. The lowest BCUT2D eigenvalue weighted by Gasteiger charge is -2.26. The third-order valence-corrected chi connectivity index (χ3v) is 3.10. The van der Waals surface area contributed by atoms with Crippen molar-refractivity contribution in [2.45, 2.75) is 33.1 Å². The van der Waals surface area contributed by atoms with Gasteiger partial charge in [-0.25, -0.2) is 9.59 Å². The summed E-state index contributed by atoms with van der Waals surface area (Å²) in [5, 5.41) is 4.06. The Labute approximate surface area is 129 Å². The molecular weight excluding hydrogens is 292 g/mol. The summed E-state index contributed by atoms with van der Waals surface area (Å²) in [7, 11) is 2.95. The van der Waals surface area contributed by atoms with Gasteiger partial charge in [0.05, 0.1) is 26.0 Å². The van der Waals surface area contributed by atoms with Crippen LogP contribution in [-0.4, -0.2) is 54.9 Å². The Kier molecular flexibility index (Phi) is 6.51. The van der Waals surface area contributed by atoms with Crippen LogP contribution in [-0.2, 0) is 25.5 Å². The van der Waals surface area contributed by atoms with Gasteiger partial charge in [0.1, 0.15) is 5.56 Å². The summed E-state index contributed by atoms with van der Waals surface area (Å²) in [5.74, 6) is -2.29. The average molecular weight is 314 g/mol. The Bertz CT molecular complexity index is 521. The summed E-state index contributed by atoms with van der Waals surface area (Å²) in [6, 6.07) is 0. The highest BCUT2D eigenvalue weighted by atomic mass is 16.7. The highest BCUT2D eigenvalue weighted by molar-refractivity contribution is 6.01. The number of hydrogen-bond donors (Lipinski definition) is 0. The maximum atomic E-state index is 12.1. The zero-order valence-electron chi connectivity index (χ0n) is 13.5. The zero-order valence-corrected chi connectivity index (χ0v) is 13.5. The van der Waals surface area contributed by atoms with Crippen LogP contribution in [0, 0.1) is 0 Å². The fourth-order valence-electron chi connectivity index (χ4n) is 1.76. The number of nitrogens with zero attached hydrogens (tertiary/aromatic N) is 2. The number of esters is 2. The molecule has 1 rings (SSSR count). The molecule has 8 nitrogen and oxygen atoms in total. The van der Waals surface area contributed by atoms with E-state index in [1.54, 1.807) is 20.8 Å². The number of rotatable bonds is 8. The second kappa shape index (κ2) is 7.90. The molecule has 0 bridgehead atoms. The summed E-state index contributed by atoms with van der Waals surface area (Å²) in [4.78, 5) is 24.1. The van der Waals surface area contributed by atoms with Crippen molar-refractivity contribution in [1.82, 2.24) is 9.78 Å². The molecule has 0 amide bonds. The highest BCUT2D eigenvalue weighted by Crippen LogP contribution is 2.18. The minimum atomic E-state index is -1.00. The molecule has 0 aromatic carbocycles. The van der Waals surface area contributed by atoms with Crippen molar-refractivity contribution < 1.29 is 28.5 Å². The molecule has 0 aliphatic carbocycles. The molecule has 0 fully saturated rings. The molecule has 0 spiro atoms. The number of carbonyl (C=O) groups excluding carboxylic acids is 2. The van der Waals surface area contributed by atoms with Crippen LogP contribution in [0.4, 0.5) is 0 Å². The van der Waals surface area contributed by atoms with Gasteiger partial charge < -0.3 is 18.9 Å². The van der Waals surface area contributed by atoms with E-state index in [1.165, 1.54) is 25.1 Å². The van der Waals surface area contributed by atoms with Crippen LogP contribution >= 0.6 is 0 Å². The van der Waals surface area contributed by atoms with E-state index in [-0.39, 0.29) is 31.0 Å². The van der Waals surface area contributed by atoms with Crippen LogP contribution < -0.4 is 0 Å². The standard InChI is InChI=1S/C14H22N2O6/c1-6-21-12(17)10-8-15-16(9-14(3,19-4)20-5)11(10)13(18)22-7-2/h8H,6-7,9H2,1-5H3. The molecule has 1 aromatic heterocycles. The summed E-state index contributed by atoms with van der Waals surface area (Å²) in [6.45, 7) is 5.52. The predicted molar refractivity (Wildman–Crippen MR) is 76.6 cm³/mol. The largest absolute Gasteiger partial charge is 0.462 e. The Hall–Kier alpha value is -1.93. The second-order valence-electron chi connectivity index (χ2n) is 4.55. The van der Waals surface area contributed by atoms with Gasteiger partial charge in [-0.3, -0.25) is 4.68 Å². The lowest BCUT2D eigenvalue weighted by molar-refractivity contribution is -0.203. The molecule has 0 radical (unpaired) electrons. The topological polar surface area (TPSA) is 88.9 Å². The lowest BCUT2D eigenvalue weighted by Crippen LogP contribution is -2.36. The molecule has 0 aliphatic heterocycles. The van der Waals surface area contributed by atoms with Crippen LogP contribution in [0.5, 0.6) is 0 Å². The van der Waals surface area contributed by atoms with E-state index in [0.717, 1.165) is 0 Å². The summed E-state index contributed by atoms with van der Waals surface area (Å²) in [5.41, 5.74) is 0.0653. The Morgan fingerprint density at radius 2 is 1.68 bits per heavy atom. The summed E-state index contributed by atoms with van der Waals surface area (Å²) >= 11 is 0. The van der Waals surface area contributed by atoms with Crippen molar-refractivity contribution >= 4 is 11.9 Å². The van der Waals surface area contributed by atoms with E-state index in [1.807, 2.05) is 0 Å². The zero-order chi connectivity index (χ0) is 16.8. The summed E-state index contributed by atoms with van der Waals surface area (Å²) < 4.78 is 21.7. The van der Waals surface area contributed by atoms with Gasteiger partial charge in [-0.15, -0.1) is 0 Å². The number of ether oxygens (including phenoxy) is 4. The van der Waals surface area contributed by atoms with E-state index in [2.05, 4.69) is 5.10 Å². The highest BCUT2D eigenvalue weighted by Gasteiger charge is 2.31. The SMILES string of the molecule is CCOC(=O)c1cnn(CC(C)(OC)OC)c1C(=O)OCC. The van der Waals surface area contributed by atoms with E-state index >= 15 is 0 Å². The van der Waals surface area contributed by atoms with E-state index < -0.39 is 17.7 Å². The van der Waals surface area contributed by atoms with Gasteiger partial charge in [0.25, 0.3) is 0 Å². The molecule has 0 aliphatic rings. The lowest BCUT2D eigenvalue weighted by atomic mass is 10.2. The predicted octanol–water partition coefficient (Wildman–Crippen LogP) is 1.25. The normalized spacial score (nSPS) is 11.3. The van der Waals surface area contributed by atoms with E-state index in [4.69, 9.17) is 18.9 Å². The minimum absolute atomic E-state index is 0.0145. The van der Waals surface area contributed by atoms with Crippen LogP contribution in [0.2, 0.25) is 0 Å². The second-order valence-corrected chi connectivity index (χ2v) is 4.55. The fourth-order valence-corrected chi connectivity index (χ4v) is 1.76. The number of carbonyl (C=O) groups is 2. The number of hydrogen-bond acceptors (Lipinski definition) is 7. The smallest absolute Gasteiger partial charge is 0.357 e. The van der Waals surface area contributed by atoms with E-state index in [0.29, 0.717) is 0 Å². The molecule has 0 saturated heterocycles. The maximum absolute atomic E-state index is 12.1. The minimum Gasteiger partial charge on any atom is -0.462 e. The first-order chi connectivity index (χ1) is 10.4. The van der Waals surface area contributed by atoms with Crippen molar-refractivity contribution in [3.63, 3.8) is 0 Å². The van der Waals surface area contributed by atoms with Crippen molar-refractivity contribution in [3.05, 3.63) is 17.5 Å².